The molecule has 3 rings (SSSR count). The zero-order valence-electron chi connectivity index (χ0n) is 12.5. The molecule has 104 valence electrons. The van der Waals surface area contributed by atoms with Gasteiger partial charge in [-0.1, -0.05) is 42.2 Å². The fraction of sp³-hybridized carbons (Fsp3) is 0.667. The van der Waals surface area contributed by atoms with Gasteiger partial charge < -0.3 is 5.32 Å². The van der Waals surface area contributed by atoms with Crippen molar-refractivity contribution in [3.8, 4) is 0 Å². The molecule has 0 spiro atoms. The summed E-state index contributed by atoms with van der Waals surface area (Å²) in [5.41, 5.74) is 4.78. The SMILES string of the molecule is Cc1cc(C)cc(CC2(C3CC3)CCCCCN2)c1. The summed E-state index contributed by atoms with van der Waals surface area (Å²) in [5.74, 6) is 0.936. The van der Waals surface area contributed by atoms with Crippen LogP contribution in [0.5, 0.6) is 0 Å². The van der Waals surface area contributed by atoms with Crippen LogP contribution in [0.25, 0.3) is 0 Å². The Morgan fingerprint density at radius 2 is 1.79 bits per heavy atom. The van der Waals surface area contributed by atoms with E-state index in [1.807, 2.05) is 0 Å². The standard InChI is InChI=1S/C18H27N/c1-14-10-15(2)12-16(11-14)13-18(17-6-7-17)8-4-3-5-9-19-18/h10-12,17,19H,3-9,13H2,1-2H3. The monoisotopic (exact) mass is 257 g/mol. The first-order chi connectivity index (χ1) is 9.18. The van der Waals surface area contributed by atoms with E-state index in [0.717, 1.165) is 5.92 Å². The molecule has 1 nitrogen and oxygen atoms in total. The van der Waals surface area contributed by atoms with Crippen molar-refractivity contribution in [3.05, 3.63) is 34.9 Å². The van der Waals surface area contributed by atoms with Crippen LogP contribution in [-0.4, -0.2) is 12.1 Å². The summed E-state index contributed by atoms with van der Waals surface area (Å²) in [5, 5.41) is 3.94. The van der Waals surface area contributed by atoms with Gasteiger partial charge in [0, 0.05) is 5.54 Å². The summed E-state index contributed by atoms with van der Waals surface area (Å²) < 4.78 is 0. The normalized spacial score (nSPS) is 28.1. The molecule has 1 aromatic rings. The van der Waals surface area contributed by atoms with Crippen molar-refractivity contribution in [1.82, 2.24) is 5.32 Å². The van der Waals surface area contributed by atoms with Gasteiger partial charge in [0.05, 0.1) is 0 Å². The van der Waals surface area contributed by atoms with Crippen LogP contribution in [0, 0.1) is 19.8 Å². The first-order valence-corrected chi connectivity index (χ1v) is 8.00. The van der Waals surface area contributed by atoms with Crippen LogP contribution in [0.1, 0.15) is 55.2 Å². The maximum atomic E-state index is 3.94. The number of benzene rings is 1. The third-order valence-electron chi connectivity index (χ3n) is 4.94. The van der Waals surface area contributed by atoms with Crippen LogP contribution in [0.2, 0.25) is 0 Å². The minimum absolute atomic E-state index is 0.413. The van der Waals surface area contributed by atoms with E-state index in [1.54, 1.807) is 5.56 Å². The third kappa shape index (κ3) is 3.02. The zero-order chi connectivity index (χ0) is 13.3. The maximum absolute atomic E-state index is 3.94. The first-order valence-electron chi connectivity index (χ1n) is 8.00. The van der Waals surface area contributed by atoms with E-state index in [4.69, 9.17) is 0 Å². The average molecular weight is 257 g/mol. The molecule has 0 radical (unpaired) electrons. The fourth-order valence-electron chi connectivity index (χ4n) is 3.98. The second kappa shape index (κ2) is 5.28. The van der Waals surface area contributed by atoms with Gasteiger partial charge in [-0.15, -0.1) is 0 Å². The molecular formula is C18H27N. The minimum Gasteiger partial charge on any atom is -0.311 e. The molecule has 1 aliphatic carbocycles. The lowest BCUT2D eigenvalue weighted by Crippen LogP contribution is -2.48. The number of aryl methyl sites for hydroxylation is 2. The largest absolute Gasteiger partial charge is 0.311 e. The highest BCUT2D eigenvalue weighted by Gasteiger charge is 2.44. The molecule has 2 fully saturated rings. The summed E-state index contributed by atoms with van der Waals surface area (Å²) in [6.45, 7) is 5.67. The van der Waals surface area contributed by atoms with Gasteiger partial charge in [-0.05, 0) is 64.0 Å². The third-order valence-corrected chi connectivity index (χ3v) is 4.94. The lowest BCUT2D eigenvalue weighted by molar-refractivity contribution is 0.271. The quantitative estimate of drug-likeness (QED) is 0.857. The number of rotatable bonds is 3. The molecule has 1 heterocycles. The van der Waals surface area contributed by atoms with Gasteiger partial charge in [0.1, 0.15) is 0 Å². The average Bonchev–Trinajstić information content (AvgIpc) is 3.14. The van der Waals surface area contributed by atoms with Gasteiger partial charge in [0.25, 0.3) is 0 Å². The predicted molar refractivity (Wildman–Crippen MR) is 81.5 cm³/mol. The molecule has 0 aromatic heterocycles. The fourth-order valence-corrected chi connectivity index (χ4v) is 3.98. The summed E-state index contributed by atoms with van der Waals surface area (Å²) in [7, 11) is 0. The molecule has 19 heavy (non-hydrogen) atoms. The second-order valence-electron chi connectivity index (χ2n) is 6.84. The highest BCUT2D eigenvalue weighted by atomic mass is 15.0. The lowest BCUT2D eigenvalue weighted by Gasteiger charge is -2.35. The van der Waals surface area contributed by atoms with Gasteiger partial charge >= 0.3 is 0 Å². The Labute approximate surface area is 117 Å². The van der Waals surface area contributed by atoms with Crippen molar-refractivity contribution < 1.29 is 0 Å². The Kier molecular flexibility index (Phi) is 3.66. The Balaban J connectivity index is 1.84. The molecule has 1 N–H and O–H groups in total. The first kappa shape index (κ1) is 13.2. The van der Waals surface area contributed by atoms with E-state index in [2.05, 4.69) is 37.4 Å². The van der Waals surface area contributed by atoms with Gasteiger partial charge in [0.2, 0.25) is 0 Å². The molecule has 2 aliphatic rings. The van der Waals surface area contributed by atoms with Gasteiger partial charge in [-0.25, -0.2) is 0 Å². The van der Waals surface area contributed by atoms with E-state index in [-0.39, 0.29) is 0 Å². The van der Waals surface area contributed by atoms with Crippen LogP contribution >= 0.6 is 0 Å². The van der Waals surface area contributed by atoms with E-state index >= 15 is 0 Å². The zero-order valence-corrected chi connectivity index (χ0v) is 12.5. The Bertz CT molecular complexity index is 417. The topological polar surface area (TPSA) is 12.0 Å². The molecule has 1 saturated heterocycles. The molecule has 0 bridgehead atoms. The van der Waals surface area contributed by atoms with E-state index < -0.39 is 0 Å². The van der Waals surface area contributed by atoms with Crippen LogP contribution in [0.4, 0.5) is 0 Å². The highest BCUT2D eigenvalue weighted by Crippen LogP contribution is 2.45. The number of nitrogens with one attached hydrogen (secondary N) is 1. The summed E-state index contributed by atoms with van der Waals surface area (Å²) in [6, 6.07) is 7.07. The molecule has 1 unspecified atom stereocenters. The van der Waals surface area contributed by atoms with E-state index in [9.17, 15) is 0 Å². The molecule has 1 heteroatoms. The Morgan fingerprint density at radius 3 is 2.47 bits per heavy atom. The highest BCUT2D eigenvalue weighted by molar-refractivity contribution is 5.30. The van der Waals surface area contributed by atoms with E-state index in [1.165, 1.54) is 62.6 Å². The van der Waals surface area contributed by atoms with Crippen molar-refractivity contribution in [2.75, 3.05) is 6.54 Å². The maximum Gasteiger partial charge on any atom is 0.0249 e. The molecule has 1 aromatic carbocycles. The van der Waals surface area contributed by atoms with Crippen molar-refractivity contribution in [2.24, 2.45) is 5.92 Å². The lowest BCUT2D eigenvalue weighted by atomic mass is 9.81. The van der Waals surface area contributed by atoms with Crippen molar-refractivity contribution in [2.45, 2.75) is 64.3 Å². The van der Waals surface area contributed by atoms with Gasteiger partial charge in [0.15, 0.2) is 0 Å². The molecule has 1 aliphatic heterocycles. The Morgan fingerprint density at radius 1 is 1.05 bits per heavy atom. The summed E-state index contributed by atoms with van der Waals surface area (Å²) in [4.78, 5) is 0. The van der Waals surface area contributed by atoms with Crippen molar-refractivity contribution in [1.29, 1.82) is 0 Å². The van der Waals surface area contributed by atoms with Crippen LogP contribution < -0.4 is 5.32 Å². The van der Waals surface area contributed by atoms with Crippen LogP contribution in [0.15, 0.2) is 18.2 Å². The number of hydrogen-bond acceptors (Lipinski definition) is 1. The van der Waals surface area contributed by atoms with Gasteiger partial charge in [-0.2, -0.15) is 0 Å². The minimum atomic E-state index is 0.413. The second-order valence-corrected chi connectivity index (χ2v) is 6.84. The summed E-state index contributed by atoms with van der Waals surface area (Å²) in [6.07, 6.45) is 9.68. The van der Waals surface area contributed by atoms with Crippen LogP contribution in [0.3, 0.4) is 0 Å². The molecule has 1 atom stereocenters. The summed E-state index contributed by atoms with van der Waals surface area (Å²) >= 11 is 0. The molecule has 0 amide bonds. The number of hydrogen-bond donors (Lipinski definition) is 1. The predicted octanol–water partition coefficient (Wildman–Crippen LogP) is 4.16. The van der Waals surface area contributed by atoms with Crippen molar-refractivity contribution in [3.63, 3.8) is 0 Å². The smallest absolute Gasteiger partial charge is 0.0249 e. The van der Waals surface area contributed by atoms with E-state index in [0.29, 0.717) is 5.54 Å². The van der Waals surface area contributed by atoms with Crippen molar-refractivity contribution >= 4 is 0 Å². The van der Waals surface area contributed by atoms with Crippen LogP contribution in [-0.2, 0) is 6.42 Å². The Hall–Kier alpha value is -0.820. The molecular weight excluding hydrogens is 230 g/mol. The molecule has 1 saturated carbocycles. The van der Waals surface area contributed by atoms with Gasteiger partial charge in [-0.3, -0.25) is 0 Å².